The van der Waals surface area contributed by atoms with Crippen molar-refractivity contribution < 1.29 is 8.83 Å². The van der Waals surface area contributed by atoms with Crippen molar-refractivity contribution in [1.29, 1.82) is 0 Å². The van der Waals surface area contributed by atoms with E-state index in [1.807, 2.05) is 12.1 Å². The molecule has 0 aliphatic heterocycles. The fourth-order valence-electron chi connectivity index (χ4n) is 11.8. The Hall–Kier alpha value is -9.64. The first-order valence-corrected chi connectivity index (χ1v) is 26.1. The van der Waals surface area contributed by atoms with Crippen molar-refractivity contribution in [2.45, 2.75) is 27.7 Å². The van der Waals surface area contributed by atoms with Gasteiger partial charge in [0, 0.05) is 44.0 Å². The Morgan fingerprint density at radius 2 is 0.645 bits per heavy atom. The van der Waals surface area contributed by atoms with E-state index in [9.17, 15) is 0 Å². The van der Waals surface area contributed by atoms with Gasteiger partial charge < -0.3 is 18.6 Å². The topological polar surface area (TPSA) is 32.8 Å². The molecule has 12 aromatic carbocycles. The third kappa shape index (κ3) is 7.44. The average Bonchev–Trinajstić information content (AvgIpc) is 4.07. The standard InChI is InChI=1S/C72H52N2O2/c1-45-17-13-25-57(55-35-33-49-19-5-7-21-51(49)43-55)69(45)73(65-29-15-27-61-59-23-9-11-31-67(59)75-71(61)65)63-39-37-53(41-47(63)3)54-38-40-64(48(4)42-54)74(66-30-16-28-62-60-24-10-12-32-68(60)76-72(62)66)70-46(2)18-14-26-58(70)56-36-34-50-20-6-8-22-52(50)44-56/h5-44H,1-4H3. The Kier molecular flexibility index (Phi) is 10.7. The maximum absolute atomic E-state index is 6.84. The lowest BCUT2D eigenvalue weighted by atomic mass is 9.94. The van der Waals surface area contributed by atoms with Crippen LogP contribution in [0.3, 0.4) is 0 Å². The molecule has 14 aromatic rings. The van der Waals surface area contributed by atoms with E-state index in [1.54, 1.807) is 0 Å². The number of para-hydroxylation sites is 6. The Labute approximate surface area is 441 Å². The number of nitrogens with zero attached hydrogens (tertiary/aromatic N) is 2. The molecule has 362 valence electrons. The molecule has 4 nitrogen and oxygen atoms in total. The molecule has 0 saturated heterocycles. The molecule has 0 unspecified atom stereocenters. The molecule has 0 amide bonds. The molecule has 0 spiro atoms. The highest BCUT2D eigenvalue weighted by Crippen LogP contribution is 2.51. The molecule has 4 heteroatoms. The van der Waals surface area contributed by atoms with Crippen LogP contribution in [0.15, 0.2) is 251 Å². The number of anilines is 6. The van der Waals surface area contributed by atoms with Gasteiger partial charge in [-0.2, -0.15) is 0 Å². The van der Waals surface area contributed by atoms with Crippen LogP contribution < -0.4 is 9.80 Å². The van der Waals surface area contributed by atoms with E-state index in [2.05, 4.69) is 268 Å². The van der Waals surface area contributed by atoms with E-state index < -0.39 is 0 Å². The highest BCUT2D eigenvalue weighted by Gasteiger charge is 2.27. The molecule has 0 bridgehead atoms. The summed E-state index contributed by atoms with van der Waals surface area (Å²) in [6, 6.07) is 87.7. The minimum atomic E-state index is 0.853. The van der Waals surface area contributed by atoms with Gasteiger partial charge in [0.1, 0.15) is 11.2 Å². The minimum Gasteiger partial charge on any atom is -0.454 e. The van der Waals surface area contributed by atoms with E-state index in [-0.39, 0.29) is 0 Å². The lowest BCUT2D eigenvalue weighted by Gasteiger charge is -2.31. The van der Waals surface area contributed by atoms with Gasteiger partial charge in [0.2, 0.25) is 0 Å². The van der Waals surface area contributed by atoms with Crippen LogP contribution in [0.5, 0.6) is 0 Å². The molecule has 0 aliphatic rings. The normalized spacial score (nSPS) is 11.7. The summed E-state index contributed by atoms with van der Waals surface area (Å²) in [5, 5.41) is 9.23. The summed E-state index contributed by atoms with van der Waals surface area (Å²) >= 11 is 0. The fourth-order valence-corrected chi connectivity index (χ4v) is 11.8. The number of benzene rings is 12. The Morgan fingerprint density at radius 3 is 1.09 bits per heavy atom. The van der Waals surface area contributed by atoms with E-state index >= 15 is 0 Å². The van der Waals surface area contributed by atoms with Crippen molar-refractivity contribution in [3.8, 4) is 33.4 Å². The maximum atomic E-state index is 6.84. The lowest BCUT2D eigenvalue weighted by Crippen LogP contribution is -2.14. The predicted molar refractivity (Wildman–Crippen MR) is 321 cm³/mol. The van der Waals surface area contributed by atoms with Gasteiger partial charge in [0.25, 0.3) is 0 Å². The van der Waals surface area contributed by atoms with Crippen LogP contribution in [0, 0.1) is 27.7 Å². The third-order valence-corrected chi connectivity index (χ3v) is 15.5. The second kappa shape index (κ2) is 18.1. The number of hydrogen-bond acceptors (Lipinski definition) is 4. The Bertz CT molecular complexity index is 4320. The summed E-state index contributed by atoms with van der Waals surface area (Å²) in [7, 11) is 0. The summed E-state index contributed by atoms with van der Waals surface area (Å²) in [4.78, 5) is 4.87. The maximum Gasteiger partial charge on any atom is 0.159 e. The van der Waals surface area contributed by atoms with Crippen LogP contribution >= 0.6 is 0 Å². The van der Waals surface area contributed by atoms with Gasteiger partial charge in [0.05, 0.1) is 22.7 Å². The van der Waals surface area contributed by atoms with Crippen LogP contribution in [-0.2, 0) is 0 Å². The fraction of sp³-hybridized carbons (Fsp3) is 0.0556. The van der Waals surface area contributed by atoms with Gasteiger partial charge >= 0.3 is 0 Å². The SMILES string of the molecule is Cc1cc(-c2ccc(N(c3c(C)cccc3-c3ccc4ccccc4c3)c3cccc4c3oc3ccccc34)c(C)c2)ccc1N(c1c(C)cccc1-c1ccc2ccccc2c1)c1cccc2c1oc1ccccc12. The predicted octanol–water partition coefficient (Wildman–Crippen LogP) is 21.0. The number of hydrogen-bond donors (Lipinski definition) is 0. The zero-order chi connectivity index (χ0) is 51.0. The van der Waals surface area contributed by atoms with Gasteiger partial charge in [-0.1, -0.05) is 182 Å². The van der Waals surface area contributed by atoms with Crippen molar-refractivity contribution >= 4 is 99.5 Å². The molecule has 0 saturated carbocycles. The van der Waals surface area contributed by atoms with Crippen LogP contribution in [0.25, 0.3) is 98.8 Å². The first kappa shape index (κ1) is 45.0. The highest BCUT2D eigenvalue weighted by molar-refractivity contribution is 6.13. The molecule has 2 aromatic heterocycles. The van der Waals surface area contributed by atoms with Crippen molar-refractivity contribution in [2.75, 3.05) is 9.80 Å². The van der Waals surface area contributed by atoms with E-state index in [4.69, 9.17) is 8.83 Å². The average molecular weight is 977 g/mol. The molecular weight excluding hydrogens is 925 g/mol. The molecule has 0 aliphatic carbocycles. The smallest absolute Gasteiger partial charge is 0.159 e. The molecule has 14 rings (SSSR count). The summed E-state index contributed by atoms with van der Waals surface area (Å²) in [6.45, 7) is 8.92. The van der Waals surface area contributed by atoms with Gasteiger partial charge in [-0.05, 0) is 154 Å². The first-order chi connectivity index (χ1) is 37.3. The van der Waals surface area contributed by atoms with E-state index in [0.717, 1.165) is 134 Å². The molecule has 0 fully saturated rings. The summed E-state index contributed by atoms with van der Waals surface area (Å²) in [5.74, 6) is 0. The number of aryl methyl sites for hydroxylation is 4. The van der Waals surface area contributed by atoms with Crippen LogP contribution in [-0.4, -0.2) is 0 Å². The van der Waals surface area contributed by atoms with Crippen molar-refractivity contribution in [3.63, 3.8) is 0 Å². The zero-order valence-electron chi connectivity index (χ0n) is 42.8. The number of rotatable bonds is 9. The zero-order valence-corrected chi connectivity index (χ0v) is 42.8. The number of furan rings is 2. The van der Waals surface area contributed by atoms with Crippen LogP contribution in [0.1, 0.15) is 22.3 Å². The monoisotopic (exact) mass is 976 g/mol. The second-order valence-corrected chi connectivity index (χ2v) is 20.2. The van der Waals surface area contributed by atoms with Crippen molar-refractivity contribution in [1.82, 2.24) is 0 Å². The Balaban J connectivity index is 0.928. The molecule has 2 heterocycles. The van der Waals surface area contributed by atoms with Crippen LogP contribution in [0.2, 0.25) is 0 Å². The molecule has 0 radical (unpaired) electrons. The first-order valence-electron chi connectivity index (χ1n) is 26.1. The molecule has 0 atom stereocenters. The minimum absolute atomic E-state index is 0.853. The largest absolute Gasteiger partial charge is 0.454 e. The number of fused-ring (bicyclic) bond motifs is 8. The van der Waals surface area contributed by atoms with Crippen LogP contribution in [0.4, 0.5) is 34.1 Å². The van der Waals surface area contributed by atoms with Gasteiger partial charge in [-0.15, -0.1) is 0 Å². The van der Waals surface area contributed by atoms with Crippen molar-refractivity contribution in [2.24, 2.45) is 0 Å². The highest BCUT2D eigenvalue weighted by atomic mass is 16.3. The lowest BCUT2D eigenvalue weighted by molar-refractivity contribution is 0.668. The quantitative estimate of drug-likeness (QED) is 0.144. The summed E-state index contributed by atoms with van der Waals surface area (Å²) in [5.41, 5.74) is 21.3. The third-order valence-electron chi connectivity index (χ3n) is 15.5. The Morgan fingerprint density at radius 1 is 0.263 bits per heavy atom. The molecule has 0 N–H and O–H groups in total. The molecule has 76 heavy (non-hydrogen) atoms. The van der Waals surface area contributed by atoms with E-state index in [0.29, 0.717) is 0 Å². The van der Waals surface area contributed by atoms with E-state index in [1.165, 1.54) is 21.5 Å². The summed E-state index contributed by atoms with van der Waals surface area (Å²) < 4.78 is 13.7. The second-order valence-electron chi connectivity index (χ2n) is 20.2. The van der Waals surface area contributed by atoms with Gasteiger partial charge in [-0.25, -0.2) is 0 Å². The van der Waals surface area contributed by atoms with Crippen molar-refractivity contribution in [3.05, 3.63) is 265 Å². The molecular formula is C72H52N2O2. The van der Waals surface area contributed by atoms with Gasteiger partial charge in [-0.3, -0.25) is 0 Å². The summed E-state index contributed by atoms with van der Waals surface area (Å²) in [6.07, 6.45) is 0. The van der Waals surface area contributed by atoms with Gasteiger partial charge in [0.15, 0.2) is 11.2 Å².